The van der Waals surface area contributed by atoms with Crippen molar-refractivity contribution in [3.63, 3.8) is 0 Å². The van der Waals surface area contributed by atoms with Crippen LogP contribution in [0.25, 0.3) is 0 Å². The Morgan fingerprint density at radius 1 is 1.38 bits per heavy atom. The first kappa shape index (κ1) is 14.4. The molecular weight excluding hydrogens is 210 g/mol. The summed E-state index contributed by atoms with van der Waals surface area (Å²) < 4.78 is 9.22. The lowest BCUT2D eigenvalue weighted by Crippen LogP contribution is -2.33. The average molecular weight is 227 g/mol. The third kappa shape index (κ3) is 3.54. The summed E-state index contributed by atoms with van der Waals surface area (Å²) in [5.41, 5.74) is -0.961. The molecule has 0 amide bonds. The van der Waals surface area contributed by atoms with Gasteiger partial charge < -0.3 is 9.47 Å². The van der Waals surface area contributed by atoms with E-state index in [4.69, 9.17) is 5.26 Å². The Kier molecular flexibility index (Phi) is 5.51. The van der Waals surface area contributed by atoms with Gasteiger partial charge in [-0.25, -0.2) is 0 Å². The Bertz CT molecular complexity index is 308. The maximum atomic E-state index is 11.5. The van der Waals surface area contributed by atoms with E-state index in [-0.39, 0.29) is 12.8 Å². The molecule has 0 saturated carbocycles. The molecule has 0 aliphatic heterocycles. The van der Waals surface area contributed by atoms with E-state index in [2.05, 4.69) is 9.47 Å². The summed E-state index contributed by atoms with van der Waals surface area (Å²) in [6, 6.07) is 1.93. The minimum atomic E-state index is -0.961. The molecule has 0 aliphatic rings. The van der Waals surface area contributed by atoms with Gasteiger partial charge in [-0.2, -0.15) is 5.26 Å². The number of methoxy groups -OCH3 is 2. The van der Waals surface area contributed by atoms with Crippen molar-refractivity contribution in [1.29, 1.82) is 5.26 Å². The van der Waals surface area contributed by atoms with Gasteiger partial charge in [0.25, 0.3) is 0 Å². The van der Waals surface area contributed by atoms with Crippen LogP contribution in [0.2, 0.25) is 0 Å². The van der Waals surface area contributed by atoms with Gasteiger partial charge in [-0.3, -0.25) is 9.59 Å². The fourth-order valence-electron chi connectivity index (χ4n) is 1.61. The van der Waals surface area contributed by atoms with Crippen LogP contribution in [0.3, 0.4) is 0 Å². The van der Waals surface area contributed by atoms with Crippen molar-refractivity contribution in [3.8, 4) is 6.07 Å². The lowest BCUT2D eigenvalue weighted by atomic mass is 9.79. The number of rotatable bonds is 5. The van der Waals surface area contributed by atoms with Crippen molar-refractivity contribution in [3.05, 3.63) is 0 Å². The Morgan fingerprint density at radius 2 is 1.94 bits per heavy atom. The molecule has 0 aromatic rings. The molecule has 0 fully saturated rings. The third-order valence-corrected chi connectivity index (χ3v) is 2.51. The Morgan fingerprint density at radius 3 is 2.31 bits per heavy atom. The van der Waals surface area contributed by atoms with Crippen LogP contribution in [0.5, 0.6) is 0 Å². The molecule has 5 heteroatoms. The predicted octanol–water partition coefficient (Wildman–Crippen LogP) is 1.28. The number of carbonyl (C=O) groups excluding carboxylic acids is 2. The lowest BCUT2D eigenvalue weighted by Gasteiger charge is -2.25. The minimum absolute atomic E-state index is 0.0149. The summed E-state index contributed by atoms with van der Waals surface area (Å²) in [6.45, 7) is 3.27. The number of ether oxygens (including phenoxy) is 2. The SMILES string of the molecule is COC(=O)[C@@H](C)C[C@](C)(CC#N)C(=O)OC. The summed E-state index contributed by atoms with van der Waals surface area (Å²) >= 11 is 0. The number of carbonyl (C=O) groups is 2. The van der Waals surface area contributed by atoms with Gasteiger partial charge in [0.2, 0.25) is 0 Å². The average Bonchev–Trinajstić information content (AvgIpc) is 2.26. The maximum Gasteiger partial charge on any atom is 0.312 e. The number of nitrogens with zero attached hydrogens (tertiary/aromatic N) is 1. The predicted molar refractivity (Wildman–Crippen MR) is 56.2 cm³/mol. The van der Waals surface area contributed by atoms with Gasteiger partial charge >= 0.3 is 11.9 Å². The summed E-state index contributed by atoms with van der Waals surface area (Å²) in [4.78, 5) is 22.8. The van der Waals surface area contributed by atoms with Crippen LogP contribution in [0, 0.1) is 22.7 Å². The molecule has 0 aliphatic carbocycles. The maximum absolute atomic E-state index is 11.5. The van der Waals surface area contributed by atoms with E-state index in [9.17, 15) is 9.59 Å². The van der Waals surface area contributed by atoms with Crippen molar-refractivity contribution >= 4 is 11.9 Å². The minimum Gasteiger partial charge on any atom is -0.469 e. The van der Waals surface area contributed by atoms with E-state index < -0.39 is 23.3 Å². The number of hydrogen-bond donors (Lipinski definition) is 0. The van der Waals surface area contributed by atoms with E-state index in [1.54, 1.807) is 13.8 Å². The zero-order chi connectivity index (χ0) is 12.8. The van der Waals surface area contributed by atoms with Crippen LogP contribution in [-0.4, -0.2) is 26.2 Å². The van der Waals surface area contributed by atoms with E-state index >= 15 is 0 Å². The molecule has 0 rings (SSSR count). The largest absolute Gasteiger partial charge is 0.469 e. The number of esters is 2. The van der Waals surface area contributed by atoms with Gasteiger partial charge in [-0.15, -0.1) is 0 Å². The first-order valence-corrected chi connectivity index (χ1v) is 4.94. The summed E-state index contributed by atoms with van der Waals surface area (Å²) in [7, 11) is 2.55. The third-order valence-electron chi connectivity index (χ3n) is 2.51. The van der Waals surface area contributed by atoms with Crippen molar-refractivity contribution in [2.75, 3.05) is 14.2 Å². The van der Waals surface area contributed by atoms with Crippen molar-refractivity contribution in [2.45, 2.75) is 26.7 Å². The first-order chi connectivity index (χ1) is 7.41. The molecule has 0 spiro atoms. The van der Waals surface area contributed by atoms with Crippen LogP contribution in [0.1, 0.15) is 26.7 Å². The van der Waals surface area contributed by atoms with E-state index in [0.29, 0.717) is 0 Å². The lowest BCUT2D eigenvalue weighted by molar-refractivity contribution is -0.155. The standard InChI is InChI=1S/C11H17NO4/c1-8(9(13)15-3)7-11(2,5-6-12)10(14)16-4/h8H,5,7H2,1-4H3/t8-,11-/m0/s1. The molecule has 0 N–H and O–H groups in total. The summed E-state index contributed by atoms with van der Waals surface area (Å²) in [5, 5.41) is 8.68. The molecule has 0 unspecified atom stereocenters. The zero-order valence-corrected chi connectivity index (χ0v) is 10.1. The molecule has 5 nitrogen and oxygen atoms in total. The Balaban J connectivity index is 4.75. The second kappa shape index (κ2) is 6.11. The number of hydrogen-bond acceptors (Lipinski definition) is 5. The second-order valence-corrected chi connectivity index (χ2v) is 4.02. The van der Waals surface area contributed by atoms with Gasteiger partial charge in [0.1, 0.15) is 0 Å². The second-order valence-electron chi connectivity index (χ2n) is 4.02. The molecule has 0 aromatic carbocycles. The molecule has 0 radical (unpaired) electrons. The molecule has 0 heterocycles. The first-order valence-electron chi connectivity index (χ1n) is 4.94. The van der Waals surface area contributed by atoms with Gasteiger partial charge in [0.15, 0.2) is 0 Å². The van der Waals surface area contributed by atoms with E-state index in [1.807, 2.05) is 6.07 Å². The fourth-order valence-corrected chi connectivity index (χ4v) is 1.61. The molecule has 0 saturated heterocycles. The van der Waals surface area contributed by atoms with Crippen molar-refractivity contribution < 1.29 is 19.1 Å². The topological polar surface area (TPSA) is 76.4 Å². The van der Waals surface area contributed by atoms with Gasteiger partial charge in [0, 0.05) is 0 Å². The quantitative estimate of drug-likeness (QED) is 0.661. The number of nitriles is 1. The normalized spacial score (nSPS) is 15.4. The molecule has 0 bridgehead atoms. The van der Waals surface area contributed by atoms with Crippen LogP contribution in [-0.2, 0) is 19.1 Å². The molecule has 2 atom stereocenters. The zero-order valence-electron chi connectivity index (χ0n) is 10.1. The Hall–Kier alpha value is -1.57. The van der Waals surface area contributed by atoms with Gasteiger partial charge in [-0.05, 0) is 13.3 Å². The highest BCUT2D eigenvalue weighted by Gasteiger charge is 2.37. The van der Waals surface area contributed by atoms with Gasteiger partial charge in [-0.1, -0.05) is 6.92 Å². The fraction of sp³-hybridized carbons (Fsp3) is 0.727. The van der Waals surface area contributed by atoms with Crippen LogP contribution in [0.15, 0.2) is 0 Å². The molecule has 16 heavy (non-hydrogen) atoms. The molecule has 0 aromatic heterocycles. The van der Waals surface area contributed by atoms with E-state index in [0.717, 1.165) is 0 Å². The summed E-state index contributed by atoms with van der Waals surface area (Å²) in [5.74, 6) is -1.32. The Labute approximate surface area is 95.3 Å². The highest BCUT2D eigenvalue weighted by atomic mass is 16.5. The van der Waals surface area contributed by atoms with Crippen LogP contribution >= 0.6 is 0 Å². The van der Waals surface area contributed by atoms with Crippen molar-refractivity contribution in [2.24, 2.45) is 11.3 Å². The van der Waals surface area contributed by atoms with E-state index in [1.165, 1.54) is 14.2 Å². The summed E-state index contributed by atoms with van der Waals surface area (Å²) in [6.07, 6.45) is 0.251. The smallest absolute Gasteiger partial charge is 0.312 e. The van der Waals surface area contributed by atoms with Crippen molar-refractivity contribution in [1.82, 2.24) is 0 Å². The van der Waals surface area contributed by atoms with Crippen LogP contribution in [0.4, 0.5) is 0 Å². The highest BCUT2D eigenvalue weighted by molar-refractivity contribution is 5.78. The molecular formula is C11H17NO4. The monoisotopic (exact) mass is 227 g/mol. The molecule has 90 valence electrons. The van der Waals surface area contributed by atoms with Crippen LogP contribution < -0.4 is 0 Å². The van der Waals surface area contributed by atoms with Gasteiger partial charge in [0.05, 0.1) is 38.0 Å². The highest BCUT2D eigenvalue weighted by Crippen LogP contribution is 2.31.